The van der Waals surface area contributed by atoms with Gasteiger partial charge in [0.15, 0.2) is 6.29 Å². The van der Waals surface area contributed by atoms with Gasteiger partial charge in [-0.05, 0) is 26.8 Å². The minimum atomic E-state index is -0.611. The quantitative estimate of drug-likeness (QED) is 0.483. The van der Waals surface area contributed by atoms with Crippen molar-refractivity contribution in [1.29, 1.82) is 0 Å². The van der Waals surface area contributed by atoms with Crippen LogP contribution in [0.1, 0.15) is 31.1 Å². The molecule has 1 amide bonds. The van der Waals surface area contributed by atoms with Gasteiger partial charge in [-0.25, -0.2) is 4.79 Å². The molecule has 2 rings (SSSR count). The van der Waals surface area contributed by atoms with E-state index in [1.54, 1.807) is 31.9 Å². The van der Waals surface area contributed by atoms with E-state index in [4.69, 9.17) is 4.74 Å². The lowest BCUT2D eigenvalue weighted by molar-refractivity contribution is -0.384. The molecule has 0 fully saturated rings. The molecular weight excluding hydrogens is 302 g/mol. The molecule has 0 bridgehead atoms. The number of non-ortho nitro benzene ring substituents is 1. The van der Waals surface area contributed by atoms with Crippen molar-refractivity contribution in [2.24, 2.45) is 0 Å². The summed E-state index contributed by atoms with van der Waals surface area (Å²) in [6, 6.07) is 3.99. The molecule has 0 atom stereocenters. The Labute approximate surface area is 133 Å². The number of hydrogen-bond acceptors (Lipinski definition) is 6. The summed E-state index contributed by atoms with van der Waals surface area (Å²) in [5, 5.41) is 10.8. The molecule has 0 aliphatic carbocycles. The van der Waals surface area contributed by atoms with Crippen molar-refractivity contribution in [3.8, 4) is 0 Å². The van der Waals surface area contributed by atoms with E-state index in [0.29, 0.717) is 12.0 Å². The Morgan fingerprint density at radius 1 is 1.35 bits per heavy atom. The zero-order chi connectivity index (χ0) is 17.2. The first-order chi connectivity index (χ1) is 10.7. The second-order valence-corrected chi connectivity index (χ2v) is 5.98. The molecule has 1 aliphatic heterocycles. The Kier molecular flexibility index (Phi) is 4.35. The van der Waals surface area contributed by atoms with Crippen LogP contribution in [0.2, 0.25) is 0 Å². The third-order valence-electron chi connectivity index (χ3n) is 3.02. The molecule has 0 aromatic heterocycles. The summed E-state index contributed by atoms with van der Waals surface area (Å²) in [7, 11) is 0. The normalized spacial score (nSPS) is 14.0. The predicted molar refractivity (Wildman–Crippen MR) is 83.0 cm³/mol. The Morgan fingerprint density at radius 2 is 2.04 bits per heavy atom. The van der Waals surface area contributed by atoms with Gasteiger partial charge in [0, 0.05) is 30.1 Å². The smallest absolute Gasteiger partial charge is 0.415 e. The summed E-state index contributed by atoms with van der Waals surface area (Å²) in [5.74, 6) is 0. The number of anilines is 1. The molecule has 0 unspecified atom stereocenters. The van der Waals surface area contributed by atoms with Crippen molar-refractivity contribution in [2.45, 2.75) is 26.4 Å². The number of hydrogen-bond donors (Lipinski definition) is 0. The number of carbonyl (C=O) groups excluding carboxylic acids is 2. The highest BCUT2D eigenvalue weighted by Crippen LogP contribution is 2.27. The van der Waals surface area contributed by atoms with Crippen LogP contribution in [0.4, 0.5) is 16.2 Å². The number of amides is 1. The maximum absolute atomic E-state index is 12.0. The van der Waals surface area contributed by atoms with E-state index >= 15 is 0 Å². The molecule has 1 heterocycles. The van der Waals surface area contributed by atoms with Crippen LogP contribution in [0.25, 0.3) is 0 Å². The minimum absolute atomic E-state index is 0.160. The standard InChI is InChI=1S/C15H17N3O5/c1-15(2,3)23-14(20)17-7-6-16(10-17)13-5-4-12(18(21)22)8-11(13)9-19/h4-9H,10H2,1-3H3. The molecule has 0 N–H and O–H groups in total. The van der Waals surface area contributed by atoms with Crippen LogP contribution in [0.5, 0.6) is 0 Å². The van der Waals surface area contributed by atoms with E-state index in [1.807, 2.05) is 0 Å². The molecule has 0 radical (unpaired) electrons. The van der Waals surface area contributed by atoms with Crippen LogP contribution >= 0.6 is 0 Å². The molecule has 8 heteroatoms. The van der Waals surface area contributed by atoms with Crippen molar-refractivity contribution >= 4 is 23.8 Å². The highest BCUT2D eigenvalue weighted by Gasteiger charge is 2.26. The van der Waals surface area contributed by atoms with Crippen LogP contribution in [0.3, 0.4) is 0 Å². The largest absolute Gasteiger partial charge is 0.443 e. The van der Waals surface area contributed by atoms with E-state index in [0.717, 1.165) is 0 Å². The van der Waals surface area contributed by atoms with Gasteiger partial charge in [0.25, 0.3) is 5.69 Å². The van der Waals surface area contributed by atoms with Crippen molar-refractivity contribution in [2.75, 3.05) is 11.6 Å². The monoisotopic (exact) mass is 319 g/mol. The van der Waals surface area contributed by atoms with Crippen LogP contribution in [0, 0.1) is 10.1 Å². The van der Waals surface area contributed by atoms with E-state index in [-0.39, 0.29) is 17.9 Å². The zero-order valence-corrected chi connectivity index (χ0v) is 13.1. The summed E-state index contributed by atoms with van der Waals surface area (Å²) in [5.41, 5.74) is -0.120. The van der Waals surface area contributed by atoms with Gasteiger partial charge < -0.3 is 9.64 Å². The third-order valence-corrected chi connectivity index (χ3v) is 3.02. The maximum atomic E-state index is 12.0. The average molecular weight is 319 g/mol. The molecular formula is C15H17N3O5. The van der Waals surface area contributed by atoms with Crippen LogP contribution in [-0.4, -0.2) is 34.5 Å². The molecule has 0 saturated heterocycles. The predicted octanol–water partition coefficient (Wildman–Crippen LogP) is 2.89. The first-order valence-electron chi connectivity index (χ1n) is 6.89. The van der Waals surface area contributed by atoms with E-state index in [2.05, 4.69) is 0 Å². The van der Waals surface area contributed by atoms with Gasteiger partial charge in [-0.3, -0.25) is 19.8 Å². The summed E-state index contributed by atoms with van der Waals surface area (Å²) < 4.78 is 5.26. The second kappa shape index (κ2) is 6.07. The molecule has 1 aliphatic rings. The Morgan fingerprint density at radius 3 is 2.61 bits per heavy atom. The summed E-state index contributed by atoms with van der Waals surface area (Å²) in [4.78, 5) is 36.4. The van der Waals surface area contributed by atoms with Gasteiger partial charge in [0.05, 0.1) is 10.6 Å². The van der Waals surface area contributed by atoms with Gasteiger partial charge >= 0.3 is 6.09 Å². The van der Waals surface area contributed by atoms with Gasteiger partial charge in [-0.2, -0.15) is 0 Å². The van der Waals surface area contributed by atoms with Gasteiger partial charge in [-0.1, -0.05) is 0 Å². The lowest BCUT2D eigenvalue weighted by Crippen LogP contribution is -2.35. The SMILES string of the molecule is CC(C)(C)OC(=O)N1C=CN(c2ccc([N+](=O)[O-])cc2C=O)C1. The van der Waals surface area contributed by atoms with Crippen molar-refractivity contribution in [3.63, 3.8) is 0 Å². The second-order valence-electron chi connectivity index (χ2n) is 5.98. The number of rotatable bonds is 3. The number of aldehydes is 1. The van der Waals surface area contributed by atoms with E-state index in [9.17, 15) is 19.7 Å². The molecule has 122 valence electrons. The summed E-state index contributed by atoms with van der Waals surface area (Å²) >= 11 is 0. The molecule has 1 aromatic rings. The highest BCUT2D eigenvalue weighted by molar-refractivity contribution is 5.86. The van der Waals surface area contributed by atoms with Gasteiger partial charge in [0.1, 0.15) is 12.3 Å². The number of nitro groups is 1. The first-order valence-corrected chi connectivity index (χ1v) is 6.89. The third kappa shape index (κ3) is 3.85. The molecule has 23 heavy (non-hydrogen) atoms. The average Bonchev–Trinajstić information content (AvgIpc) is 2.94. The number of ether oxygens (including phenoxy) is 1. The zero-order valence-electron chi connectivity index (χ0n) is 13.1. The van der Waals surface area contributed by atoms with Crippen LogP contribution in [-0.2, 0) is 4.74 Å². The molecule has 0 spiro atoms. The lowest BCUT2D eigenvalue weighted by Gasteiger charge is -2.25. The summed E-state index contributed by atoms with van der Waals surface area (Å²) in [6.07, 6.45) is 3.18. The fraction of sp³-hybridized carbons (Fsp3) is 0.333. The van der Waals surface area contributed by atoms with Gasteiger partial charge in [-0.15, -0.1) is 0 Å². The van der Waals surface area contributed by atoms with Crippen molar-refractivity contribution < 1.29 is 19.2 Å². The minimum Gasteiger partial charge on any atom is -0.443 e. The summed E-state index contributed by atoms with van der Waals surface area (Å²) in [6.45, 7) is 5.46. The molecule has 1 aromatic carbocycles. The molecule has 0 saturated carbocycles. The van der Waals surface area contributed by atoms with Crippen LogP contribution < -0.4 is 4.90 Å². The highest BCUT2D eigenvalue weighted by atomic mass is 16.6. The van der Waals surface area contributed by atoms with Gasteiger partial charge in [0.2, 0.25) is 0 Å². The van der Waals surface area contributed by atoms with E-state index in [1.165, 1.54) is 29.3 Å². The lowest BCUT2D eigenvalue weighted by atomic mass is 10.1. The van der Waals surface area contributed by atoms with Crippen molar-refractivity contribution in [3.05, 3.63) is 46.3 Å². The topological polar surface area (TPSA) is 93.0 Å². The fourth-order valence-electron chi connectivity index (χ4n) is 2.03. The Bertz CT molecular complexity index is 678. The maximum Gasteiger partial charge on any atom is 0.415 e. The Balaban J connectivity index is 2.16. The van der Waals surface area contributed by atoms with Crippen molar-refractivity contribution in [1.82, 2.24) is 4.90 Å². The first kappa shape index (κ1) is 16.5. The molecule has 8 nitrogen and oxygen atoms in total. The Hall–Kier alpha value is -2.90. The number of nitrogens with zero attached hydrogens (tertiary/aromatic N) is 3. The number of benzene rings is 1. The number of nitro benzene ring substituents is 1. The number of carbonyl (C=O) groups is 2. The van der Waals surface area contributed by atoms with Crippen LogP contribution in [0.15, 0.2) is 30.6 Å². The fourth-order valence-corrected chi connectivity index (χ4v) is 2.03. The van der Waals surface area contributed by atoms with E-state index < -0.39 is 16.6 Å².